The van der Waals surface area contributed by atoms with Crippen molar-refractivity contribution in [3.63, 3.8) is 0 Å². The number of methoxy groups -OCH3 is 1. The lowest BCUT2D eigenvalue weighted by molar-refractivity contribution is 0.173. The summed E-state index contributed by atoms with van der Waals surface area (Å²) in [5, 5.41) is 8.97. The topological polar surface area (TPSA) is 46.4 Å². The van der Waals surface area contributed by atoms with Crippen LogP contribution in [0.1, 0.15) is 44.9 Å². The number of rotatable bonds is 6. The van der Waals surface area contributed by atoms with Gasteiger partial charge in [0.05, 0.1) is 0 Å². The predicted octanol–water partition coefficient (Wildman–Crippen LogP) is 1.90. The van der Waals surface area contributed by atoms with Crippen molar-refractivity contribution in [1.29, 1.82) is 0 Å². The molecule has 1 aliphatic carbocycles. The Morgan fingerprint density at radius 3 is 2.65 bits per heavy atom. The zero-order chi connectivity index (χ0) is 15.8. The summed E-state index contributed by atoms with van der Waals surface area (Å²) >= 11 is 0. The molecule has 0 bridgehead atoms. The standard InChI is InChI=1S/C17H29N5O/c1-13-9-15(20-7-3-4-8-20)11-21(13)17-19-18-16(12-23-2)22(17)10-14-5-6-14/h13-15H,3-12H2,1-2H3. The number of aromatic nitrogens is 3. The van der Waals surface area contributed by atoms with E-state index in [-0.39, 0.29) is 0 Å². The summed E-state index contributed by atoms with van der Waals surface area (Å²) in [6, 6.07) is 1.22. The van der Waals surface area contributed by atoms with Crippen LogP contribution in [0.3, 0.4) is 0 Å². The van der Waals surface area contributed by atoms with Crippen LogP contribution in [0.4, 0.5) is 5.95 Å². The number of hydrogen-bond donors (Lipinski definition) is 0. The molecule has 6 heteroatoms. The molecule has 0 amide bonds. The van der Waals surface area contributed by atoms with Crippen LogP contribution in [-0.4, -0.2) is 58.5 Å². The van der Waals surface area contributed by atoms with E-state index in [4.69, 9.17) is 4.74 Å². The molecule has 6 nitrogen and oxygen atoms in total. The van der Waals surface area contributed by atoms with Gasteiger partial charge < -0.3 is 9.64 Å². The lowest BCUT2D eigenvalue weighted by atomic mass is 10.2. The van der Waals surface area contributed by atoms with Crippen molar-refractivity contribution < 1.29 is 4.74 Å². The largest absolute Gasteiger partial charge is 0.377 e. The molecule has 1 aromatic rings. The molecule has 23 heavy (non-hydrogen) atoms. The highest BCUT2D eigenvalue weighted by Crippen LogP contribution is 2.34. The molecule has 128 valence electrons. The van der Waals surface area contributed by atoms with Crippen molar-refractivity contribution in [1.82, 2.24) is 19.7 Å². The Morgan fingerprint density at radius 1 is 1.17 bits per heavy atom. The quantitative estimate of drug-likeness (QED) is 0.801. The van der Waals surface area contributed by atoms with E-state index in [0.717, 1.165) is 30.8 Å². The maximum absolute atomic E-state index is 5.33. The third-order valence-electron chi connectivity index (χ3n) is 5.69. The zero-order valence-electron chi connectivity index (χ0n) is 14.4. The Bertz CT molecular complexity index is 535. The number of nitrogens with zero attached hydrogens (tertiary/aromatic N) is 5. The van der Waals surface area contributed by atoms with Gasteiger partial charge in [-0.25, -0.2) is 0 Å². The van der Waals surface area contributed by atoms with Crippen LogP contribution >= 0.6 is 0 Å². The minimum atomic E-state index is 0.540. The van der Waals surface area contributed by atoms with Crippen molar-refractivity contribution in [2.24, 2.45) is 5.92 Å². The smallest absolute Gasteiger partial charge is 0.227 e. The van der Waals surface area contributed by atoms with Crippen molar-refractivity contribution in [2.45, 2.75) is 64.3 Å². The summed E-state index contributed by atoms with van der Waals surface area (Å²) < 4.78 is 7.65. The van der Waals surface area contributed by atoms with Crippen LogP contribution in [0.15, 0.2) is 0 Å². The van der Waals surface area contributed by atoms with Gasteiger partial charge >= 0.3 is 0 Å². The van der Waals surface area contributed by atoms with Crippen LogP contribution in [0.5, 0.6) is 0 Å². The third kappa shape index (κ3) is 3.11. The number of hydrogen-bond acceptors (Lipinski definition) is 5. The molecular formula is C17H29N5O. The second kappa shape index (κ2) is 6.40. The van der Waals surface area contributed by atoms with E-state index >= 15 is 0 Å². The summed E-state index contributed by atoms with van der Waals surface area (Å²) in [4.78, 5) is 5.16. The van der Waals surface area contributed by atoms with Crippen LogP contribution in [0, 0.1) is 5.92 Å². The van der Waals surface area contributed by atoms with E-state index in [1.54, 1.807) is 7.11 Å². The first-order valence-corrected chi connectivity index (χ1v) is 9.18. The van der Waals surface area contributed by atoms with Crippen molar-refractivity contribution in [2.75, 3.05) is 31.6 Å². The van der Waals surface area contributed by atoms with Gasteiger partial charge in [-0.2, -0.15) is 0 Å². The Morgan fingerprint density at radius 2 is 1.96 bits per heavy atom. The molecule has 2 aliphatic heterocycles. The molecule has 2 unspecified atom stereocenters. The van der Waals surface area contributed by atoms with E-state index < -0.39 is 0 Å². The van der Waals surface area contributed by atoms with Gasteiger partial charge in [0.2, 0.25) is 5.95 Å². The van der Waals surface area contributed by atoms with Gasteiger partial charge in [0, 0.05) is 32.3 Å². The van der Waals surface area contributed by atoms with Crippen LogP contribution in [-0.2, 0) is 17.9 Å². The minimum absolute atomic E-state index is 0.540. The van der Waals surface area contributed by atoms with Crippen molar-refractivity contribution in [3.05, 3.63) is 5.82 Å². The molecule has 4 rings (SSSR count). The molecule has 0 aromatic carbocycles. The Hall–Kier alpha value is -1.14. The molecule has 3 fully saturated rings. The van der Waals surface area contributed by atoms with Crippen molar-refractivity contribution >= 4 is 5.95 Å². The molecule has 3 aliphatic rings. The normalized spacial score (nSPS) is 28.9. The molecule has 2 atom stereocenters. The molecule has 0 N–H and O–H groups in total. The van der Waals surface area contributed by atoms with Gasteiger partial charge in [0.15, 0.2) is 5.82 Å². The molecule has 1 saturated carbocycles. The summed E-state index contributed by atoms with van der Waals surface area (Å²) in [5.41, 5.74) is 0. The summed E-state index contributed by atoms with van der Waals surface area (Å²) in [6.45, 7) is 7.58. The molecular weight excluding hydrogens is 290 g/mol. The lowest BCUT2D eigenvalue weighted by Crippen LogP contribution is -2.36. The van der Waals surface area contributed by atoms with E-state index in [1.807, 2.05) is 0 Å². The average Bonchev–Trinajstić information content (AvgIpc) is 2.92. The Balaban J connectivity index is 1.54. The number of likely N-dealkylation sites (tertiary alicyclic amines) is 1. The highest BCUT2D eigenvalue weighted by Gasteiger charge is 2.37. The van der Waals surface area contributed by atoms with E-state index in [2.05, 4.69) is 31.5 Å². The van der Waals surface area contributed by atoms with Gasteiger partial charge in [0.25, 0.3) is 0 Å². The van der Waals surface area contributed by atoms with Gasteiger partial charge in [-0.15, -0.1) is 10.2 Å². The Labute approximate surface area is 138 Å². The fourth-order valence-corrected chi connectivity index (χ4v) is 4.17. The Kier molecular flexibility index (Phi) is 4.28. The van der Waals surface area contributed by atoms with Crippen LogP contribution in [0.25, 0.3) is 0 Å². The second-order valence-corrected chi connectivity index (χ2v) is 7.54. The van der Waals surface area contributed by atoms with Gasteiger partial charge in [-0.1, -0.05) is 0 Å². The van der Waals surface area contributed by atoms with E-state index in [9.17, 15) is 0 Å². The summed E-state index contributed by atoms with van der Waals surface area (Å²) in [7, 11) is 1.73. The molecule has 2 saturated heterocycles. The first-order valence-electron chi connectivity index (χ1n) is 9.18. The highest BCUT2D eigenvalue weighted by atomic mass is 16.5. The average molecular weight is 319 g/mol. The molecule has 0 spiro atoms. The monoisotopic (exact) mass is 319 g/mol. The molecule has 0 radical (unpaired) electrons. The molecule has 3 heterocycles. The second-order valence-electron chi connectivity index (χ2n) is 7.54. The van der Waals surface area contributed by atoms with Crippen LogP contribution in [0.2, 0.25) is 0 Å². The highest BCUT2D eigenvalue weighted by molar-refractivity contribution is 5.36. The van der Waals surface area contributed by atoms with Crippen LogP contribution < -0.4 is 4.90 Å². The maximum atomic E-state index is 5.33. The number of anilines is 1. The number of ether oxygens (including phenoxy) is 1. The maximum Gasteiger partial charge on any atom is 0.227 e. The summed E-state index contributed by atoms with van der Waals surface area (Å²) in [5.74, 6) is 2.86. The predicted molar refractivity (Wildman–Crippen MR) is 89.5 cm³/mol. The van der Waals surface area contributed by atoms with Gasteiger partial charge in [-0.05, 0) is 58.0 Å². The van der Waals surface area contributed by atoms with Crippen molar-refractivity contribution in [3.8, 4) is 0 Å². The summed E-state index contributed by atoms with van der Waals surface area (Å²) in [6.07, 6.45) is 6.66. The van der Waals surface area contributed by atoms with E-state index in [1.165, 1.54) is 45.2 Å². The first kappa shape index (κ1) is 15.4. The fraction of sp³-hybridized carbons (Fsp3) is 0.882. The first-order chi connectivity index (χ1) is 11.3. The zero-order valence-corrected chi connectivity index (χ0v) is 14.4. The van der Waals surface area contributed by atoms with E-state index in [0.29, 0.717) is 18.7 Å². The van der Waals surface area contributed by atoms with Gasteiger partial charge in [0.1, 0.15) is 6.61 Å². The lowest BCUT2D eigenvalue weighted by Gasteiger charge is -2.25. The third-order valence-corrected chi connectivity index (χ3v) is 5.69. The molecule has 1 aromatic heterocycles. The van der Waals surface area contributed by atoms with Gasteiger partial charge in [-0.3, -0.25) is 9.47 Å². The minimum Gasteiger partial charge on any atom is -0.377 e. The SMILES string of the molecule is COCc1nnc(N2CC(N3CCCC3)CC2C)n1CC1CC1. The fourth-order valence-electron chi connectivity index (χ4n) is 4.17.